The van der Waals surface area contributed by atoms with E-state index in [1.807, 2.05) is 0 Å². The summed E-state index contributed by atoms with van der Waals surface area (Å²) in [7, 11) is -4.29. The lowest BCUT2D eigenvalue weighted by Crippen LogP contribution is -2.07. The molecule has 0 spiro atoms. The summed E-state index contributed by atoms with van der Waals surface area (Å²) in [5, 5.41) is 3.65. The first-order valence-electron chi connectivity index (χ1n) is 10.4. The Morgan fingerprint density at radius 1 is 0.543 bits per heavy atom. The number of aromatic amines is 3. The highest BCUT2D eigenvalue weighted by Gasteiger charge is 2.36. The Morgan fingerprint density at radius 2 is 0.857 bits per heavy atom. The SMILES string of the molecule is O=P(Oc1c[nH]c2cc(Cl)ccc12)(Oc1c[nH]c2cc(Cl)ccc12)Oc1c[nH]c2cc(Cl)ccc12. The Hall–Kier alpha value is -3.22. The molecule has 0 atom stereocenters. The van der Waals surface area contributed by atoms with Crippen LogP contribution in [0.25, 0.3) is 32.7 Å². The third-order valence-electron chi connectivity index (χ3n) is 5.45. The van der Waals surface area contributed by atoms with Crippen molar-refractivity contribution in [3.05, 3.63) is 88.3 Å². The molecule has 3 N–H and O–H groups in total. The molecule has 0 saturated heterocycles. The molecule has 0 unspecified atom stereocenters. The molecular weight excluding hydrogens is 532 g/mol. The average Bonchev–Trinajstić information content (AvgIpc) is 3.51. The number of phosphoric acid groups is 1. The number of rotatable bonds is 6. The summed E-state index contributed by atoms with van der Waals surface area (Å²) < 4.78 is 32.0. The normalized spacial score (nSPS) is 12.0. The predicted molar refractivity (Wildman–Crippen MR) is 139 cm³/mol. The second kappa shape index (κ2) is 8.47. The summed E-state index contributed by atoms with van der Waals surface area (Å²) in [6, 6.07) is 15.6. The molecule has 7 nitrogen and oxygen atoms in total. The van der Waals surface area contributed by atoms with Gasteiger partial charge in [-0.05, 0) is 54.6 Å². The number of hydrogen-bond acceptors (Lipinski definition) is 4. The highest BCUT2D eigenvalue weighted by atomic mass is 35.5. The first kappa shape index (κ1) is 22.3. The fourth-order valence-corrected chi connectivity index (χ4v) is 5.66. The number of nitrogens with one attached hydrogen (secondary N) is 3. The maximum Gasteiger partial charge on any atom is 0.647 e. The van der Waals surface area contributed by atoms with E-state index in [1.165, 1.54) is 0 Å². The van der Waals surface area contributed by atoms with Crippen LogP contribution in [0.4, 0.5) is 0 Å². The zero-order valence-corrected chi connectivity index (χ0v) is 20.8. The van der Waals surface area contributed by atoms with E-state index in [4.69, 9.17) is 48.4 Å². The van der Waals surface area contributed by atoms with Crippen molar-refractivity contribution in [1.82, 2.24) is 15.0 Å². The Kier molecular flexibility index (Phi) is 5.38. The Morgan fingerprint density at radius 3 is 1.17 bits per heavy atom. The zero-order chi connectivity index (χ0) is 24.2. The minimum Gasteiger partial charge on any atom is -0.384 e. The van der Waals surface area contributed by atoms with Crippen LogP contribution in [0, 0.1) is 0 Å². The molecule has 11 heteroatoms. The second-order valence-electron chi connectivity index (χ2n) is 7.75. The van der Waals surface area contributed by atoms with Crippen molar-refractivity contribution >= 4 is 75.3 Å². The van der Waals surface area contributed by atoms with Crippen LogP contribution in [0.3, 0.4) is 0 Å². The van der Waals surface area contributed by atoms with Crippen molar-refractivity contribution in [1.29, 1.82) is 0 Å². The van der Waals surface area contributed by atoms with E-state index in [9.17, 15) is 4.57 Å². The molecule has 0 fully saturated rings. The number of fused-ring (bicyclic) bond motifs is 3. The van der Waals surface area contributed by atoms with Gasteiger partial charge in [0, 0.05) is 49.8 Å². The van der Waals surface area contributed by atoms with Crippen LogP contribution < -0.4 is 13.6 Å². The molecular formula is C24H15Cl3N3O4P. The zero-order valence-electron chi connectivity index (χ0n) is 17.6. The van der Waals surface area contributed by atoms with Crippen molar-refractivity contribution in [2.24, 2.45) is 0 Å². The van der Waals surface area contributed by atoms with E-state index in [0.717, 1.165) is 0 Å². The van der Waals surface area contributed by atoms with Gasteiger partial charge in [0.2, 0.25) is 0 Å². The second-order valence-corrected chi connectivity index (χ2v) is 10.5. The Bertz CT molecular complexity index is 1570. The fraction of sp³-hybridized carbons (Fsp3) is 0. The third kappa shape index (κ3) is 4.21. The van der Waals surface area contributed by atoms with Gasteiger partial charge in [-0.15, -0.1) is 0 Å². The fourth-order valence-electron chi connectivity index (χ4n) is 3.86. The molecule has 6 aromatic rings. The maximum atomic E-state index is 14.2. The molecule has 3 aromatic carbocycles. The maximum absolute atomic E-state index is 14.2. The summed E-state index contributed by atoms with van der Waals surface area (Å²) in [6.07, 6.45) is 4.72. The molecule has 0 aliphatic heterocycles. The molecule has 0 aliphatic carbocycles. The molecule has 3 aromatic heterocycles. The Labute approximate surface area is 213 Å². The van der Waals surface area contributed by atoms with Crippen LogP contribution in [0.2, 0.25) is 15.1 Å². The summed E-state index contributed by atoms with van der Waals surface area (Å²) in [5.74, 6) is 0.849. The third-order valence-corrected chi connectivity index (χ3v) is 7.41. The minimum atomic E-state index is -4.29. The first-order chi connectivity index (χ1) is 16.9. The lowest BCUT2D eigenvalue weighted by atomic mass is 10.2. The van der Waals surface area contributed by atoms with Crippen LogP contribution >= 0.6 is 42.6 Å². The van der Waals surface area contributed by atoms with Gasteiger partial charge >= 0.3 is 7.82 Å². The highest BCUT2D eigenvalue weighted by Crippen LogP contribution is 2.53. The van der Waals surface area contributed by atoms with Gasteiger partial charge < -0.3 is 28.5 Å². The largest absolute Gasteiger partial charge is 0.647 e. The van der Waals surface area contributed by atoms with E-state index >= 15 is 0 Å². The van der Waals surface area contributed by atoms with E-state index in [-0.39, 0.29) is 17.2 Å². The topological polar surface area (TPSA) is 92.1 Å². The number of aromatic nitrogens is 3. The van der Waals surface area contributed by atoms with Crippen LogP contribution in [0.5, 0.6) is 17.2 Å². The number of benzene rings is 3. The van der Waals surface area contributed by atoms with E-state index < -0.39 is 7.82 Å². The van der Waals surface area contributed by atoms with Gasteiger partial charge in [0.1, 0.15) is 0 Å². The molecule has 35 heavy (non-hydrogen) atoms. The number of hydrogen-bond donors (Lipinski definition) is 3. The Balaban J connectivity index is 1.43. The molecule has 176 valence electrons. The van der Waals surface area contributed by atoms with Crippen LogP contribution in [0.1, 0.15) is 0 Å². The highest BCUT2D eigenvalue weighted by molar-refractivity contribution is 7.49. The van der Waals surface area contributed by atoms with Crippen molar-refractivity contribution in [2.75, 3.05) is 0 Å². The molecule has 0 amide bonds. The molecule has 0 saturated carbocycles. The lowest BCUT2D eigenvalue weighted by Gasteiger charge is -2.18. The number of halogens is 3. The van der Waals surface area contributed by atoms with Crippen molar-refractivity contribution in [2.45, 2.75) is 0 Å². The van der Waals surface area contributed by atoms with Gasteiger partial charge in [-0.1, -0.05) is 34.8 Å². The lowest BCUT2D eigenvalue weighted by molar-refractivity contribution is 0.302. The smallest absolute Gasteiger partial charge is 0.384 e. The molecule has 3 heterocycles. The average molecular weight is 547 g/mol. The van der Waals surface area contributed by atoms with Crippen LogP contribution in [-0.4, -0.2) is 15.0 Å². The van der Waals surface area contributed by atoms with Crippen LogP contribution in [0.15, 0.2) is 73.2 Å². The first-order valence-corrected chi connectivity index (χ1v) is 13.0. The standard InChI is InChI=1S/C24H15Cl3N3O4P/c25-13-1-4-16-19(7-13)28-10-22(16)32-35(31,33-23-11-29-20-8-14(26)2-5-17(20)23)34-24-12-30-21-9-15(27)3-6-18(21)24/h1-12,28-30H. The summed E-state index contributed by atoms with van der Waals surface area (Å²) in [6.45, 7) is 0. The van der Waals surface area contributed by atoms with Gasteiger partial charge in [-0.2, -0.15) is 4.57 Å². The summed E-state index contributed by atoms with van der Waals surface area (Å²) in [4.78, 5) is 9.17. The summed E-state index contributed by atoms with van der Waals surface area (Å²) >= 11 is 18.3. The molecule has 0 aliphatic rings. The van der Waals surface area contributed by atoms with Gasteiger partial charge in [-0.3, -0.25) is 0 Å². The minimum absolute atomic E-state index is 0.283. The quantitative estimate of drug-likeness (QED) is 0.182. The van der Waals surface area contributed by atoms with Crippen molar-refractivity contribution in [3.8, 4) is 17.2 Å². The van der Waals surface area contributed by atoms with Crippen LogP contribution in [-0.2, 0) is 4.57 Å². The van der Waals surface area contributed by atoms with Gasteiger partial charge in [0.25, 0.3) is 0 Å². The van der Waals surface area contributed by atoms with E-state index in [0.29, 0.717) is 47.8 Å². The molecule has 6 rings (SSSR count). The van der Waals surface area contributed by atoms with Crippen molar-refractivity contribution < 1.29 is 18.1 Å². The molecule has 0 bridgehead atoms. The van der Waals surface area contributed by atoms with Gasteiger partial charge in [0.15, 0.2) is 17.2 Å². The number of phosphoric ester groups is 1. The monoisotopic (exact) mass is 545 g/mol. The molecule has 0 radical (unpaired) electrons. The summed E-state index contributed by atoms with van der Waals surface area (Å²) in [5.41, 5.74) is 2.13. The van der Waals surface area contributed by atoms with E-state index in [1.54, 1.807) is 73.2 Å². The number of H-pyrrole nitrogens is 3. The predicted octanol–water partition coefficient (Wildman–Crippen LogP) is 8.74. The van der Waals surface area contributed by atoms with Gasteiger partial charge in [0.05, 0.1) is 16.6 Å². The van der Waals surface area contributed by atoms with E-state index in [2.05, 4.69) is 15.0 Å². The van der Waals surface area contributed by atoms with Gasteiger partial charge in [-0.25, -0.2) is 0 Å². The van der Waals surface area contributed by atoms with Crippen molar-refractivity contribution in [3.63, 3.8) is 0 Å².